The lowest BCUT2D eigenvalue weighted by molar-refractivity contribution is -0.157. The molecule has 17 heavy (non-hydrogen) atoms. The Hall–Kier alpha value is -0.610. The molecular weight excluding hydrogens is 218 g/mol. The fourth-order valence-corrected chi connectivity index (χ4v) is 1.94. The predicted molar refractivity (Wildman–Crippen MR) is 66.6 cm³/mol. The Morgan fingerprint density at radius 3 is 2.59 bits per heavy atom. The van der Waals surface area contributed by atoms with E-state index >= 15 is 0 Å². The Kier molecular flexibility index (Phi) is 6.52. The zero-order valence-electron chi connectivity index (χ0n) is 11.0. The number of carbonyl (C=O) groups excluding carboxylic acids is 1. The van der Waals surface area contributed by atoms with Gasteiger partial charge < -0.3 is 15.2 Å². The molecule has 0 aliphatic carbocycles. The molecule has 1 saturated heterocycles. The molecule has 1 rings (SSSR count). The molecular formula is C13H25NO3. The minimum atomic E-state index is -0.0680. The third-order valence-corrected chi connectivity index (χ3v) is 3.15. The summed E-state index contributed by atoms with van der Waals surface area (Å²) in [6.07, 6.45) is 4.55. The van der Waals surface area contributed by atoms with E-state index in [0.717, 1.165) is 32.1 Å². The molecule has 0 radical (unpaired) electrons. The van der Waals surface area contributed by atoms with Crippen molar-refractivity contribution < 1.29 is 14.3 Å². The molecule has 2 atom stereocenters. The van der Waals surface area contributed by atoms with Crippen LogP contribution in [0.3, 0.4) is 0 Å². The molecule has 1 aliphatic rings. The summed E-state index contributed by atoms with van der Waals surface area (Å²) in [6, 6.07) is 0.216. The maximum atomic E-state index is 11.8. The van der Waals surface area contributed by atoms with Crippen molar-refractivity contribution in [1.82, 2.24) is 0 Å². The smallest absolute Gasteiger partial charge is 0.308 e. The van der Waals surface area contributed by atoms with Gasteiger partial charge in [0.05, 0.1) is 19.1 Å². The Labute approximate surface area is 104 Å². The van der Waals surface area contributed by atoms with Crippen molar-refractivity contribution in [3.8, 4) is 0 Å². The van der Waals surface area contributed by atoms with Gasteiger partial charge in [0, 0.05) is 18.9 Å². The third-order valence-electron chi connectivity index (χ3n) is 3.15. The van der Waals surface area contributed by atoms with Crippen molar-refractivity contribution in [2.75, 3.05) is 13.2 Å². The molecule has 0 bridgehead atoms. The number of ether oxygens (including phenoxy) is 2. The van der Waals surface area contributed by atoms with Crippen LogP contribution in [0.4, 0.5) is 0 Å². The van der Waals surface area contributed by atoms with E-state index < -0.39 is 0 Å². The van der Waals surface area contributed by atoms with Crippen LogP contribution in [0.5, 0.6) is 0 Å². The van der Waals surface area contributed by atoms with Crippen molar-refractivity contribution in [3.63, 3.8) is 0 Å². The molecule has 0 saturated carbocycles. The second-order valence-corrected chi connectivity index (χ2v) is 5.06. The van der Waals surface area contributed by atoms with Gasteiger partial charge in [0.2, 0.25) is 0 Å². The number of hydrogen-bond donors (Lipinski definition) is 1. The first-order chi connectivity index (χ1) is 8.09. The van der Waals surface area contributed by atoms with Crippen LogP contribution in [0.15, 0.2) is 0 Å². The predicted octanol–water partition coefficient (Wildman–Crippen LogP) is 1.86. The normalized spacial score (nSPS) is 20.9. The highest BCUT2D eigenvalue weighted by molar-refractivity contribution is 5.72. The first-order valence-electron chi connectivity index (χ1n) is 6.63. The van der Waals surface area contributed by atoms with Crippen molar-refractivity contribution in [2.24, 2.45) is 11.7 Å². The molecule has 4 nitrogen and oxygen atoms in total. The van der Waals surface area contributed by atoms with Crippen molar-refractivity contribution >= 4 is 5.97 Å². The van der Waals surface area contributed by atoms with Gasteiger partial charge in [-0.15, -0.1) is 0 Å². The Morgan fingerprint density at radius 2 is 2.00 bits per heavy atom. The molecule has 2 unspecified atom stereocenters. The second-order valence-electron chi connectivity index (χ2n) is 5.06. The van der Waals surface area contributed by atoms with Crippen LogP contribution in [-0.2, 0) is 14.3 Å². The van der Waals surface area contributed by atoms with Gasteiger partial charge in [-0.3, -0.25) is 4.79 Å². The molecule has 0 spiro atoms. The first-order valence-corrected chi connectivity index (χ1v) is 6.63. The van der Waals surface area contributed by atoms with Crippen LogP contribution in [0.25, 0.3) is 0 Å². The Morgan fingerprint density at radius 1 is 1.35 bits per heavy atom. The van der Waals surface area contributed by atoms with Crippen LogP contribution in [0.2, 0.25) is 0 Å². The van der Waals surface area contributed by atoms with E-state index in [1.54, 1.807) is 0 Å². The van der Waals surface area contributed by atoms with Gasteiger partial charge in [0.1, 0.15) is 6.10 Å². The lowest BCUT2D eigenvalue weighted by Crippen LogP contribution is -2.28. The van der Waals surface area contributed by atoms with E-state index in [4.69, 9.17) is 15.2 Å². The lowest BCUT2D eigenvalue weighted by atomic mass is 10.0. The maximum absolute atomic E-state index is 11.8. The minimum Gasteiger partial charge on any atom is -0.462 e. The molecule has 0 aromatic rings. The van der Waals surface area contributed by atoms with Crippen molar-refractivity contribution in [2.45, 2.75) is 58.1 Å². The standard InChI is InChI=1S/C13H25NO3/c1-10(4-3-5-11(2)14)13(15)17-12-6-8-16-9-7-12/h10-12H,3-9,14H2,1-2H3. The summed E-state index contributed by atoms with van der Waals surface area (Å²) in [5.41, 5.74) is 5.67. The number of hydrogen-bond acceptors (Lipinski definition) is 4. The average molecular weight is 243 g/mol. The monoisotopic (exact) mass is 243 g/mol. The summed E-state index contributed by atoms with van der Waals surface area (Å²) in [5.74, 6) is -0.0850. The van der Waals surface area contributed by atoms with Gasteiger partial charge in [-0.25, -0.2) is 0 Å². The summed E-state index contributed by atoms with van der Waals surface area (Å²) >= 11 is 0. The highest BCUT2D eigenvalue weighted by Gasteiger charge is 2.21. The Bertz CT molecular complexity index is 225. The molecule has 0 aromatic heterocycles. The molecule has 4 heteroatoms. The highest BCUT2D eigenvalue weighted by atomic mass is 16.6. The largest absolute Gasteiger partial charge is 0.462 e. The average Bonchev–Trinajstić information content (AvgIpc) is 2.29. The van der Waals surface area contributed by atoms with E-state index in [1.807, 2.05) is 13.8 Å². The number of nitrogens with two attached hydrogens (primary N) is 1. The summed E-state index contributed by atoms with van der Waals surface area (Å²) in [7, 11) is 0. The fourth-order valence-electron chi connectivity index (χ4n) is 1.94. The van der Waals surface area contributed by atoms with E-state index in [0.29, 0.717) is 13.2 Å². The summed E-state index contributed by atoms with van der Waals surface area (Å²) < 4.78 is 10.7. The van der Waals surface area contributed by atoms with Crippen molar-refractivity contribution in [3.05, 3.63) is 0 Å². The van der Waals surface area contributed by atoms with Crippen LogP contribution in [0.1, 0.15) is 46.0 Å². The van der Waals surface area contributed by atoms with E-state index in [2.05, 4.69) is 0 Å². The lowest BCUT2D eigenvalue weighted by Gasteiger charge is -2.23. The summed E-state index contributed by atoms with van der Waals surface area (Å²) in [6.45, 7) is 5.34. The second kappa shape index (κ2) is 7.67. The molecule has 1 fully saturated rings. The van der Waals surface area contributed by atoms with Gasteiger partial charge in [-0.2, -0.15) is 0 Å². The molecule has 1 heterocycles. The SMILES string of the molecule is CC(N)CCCC(C)C(=O)OC1CCOCC1. The molecule has 1 aliphatic heterocycles. The molecule has 100 valence electrons. The van der Waals surface area contributed by atoms with Gasteiger partial charge in [0.25, 0.3) is 0 Å². The van der Waals surface area contributed by atoms with Gasteiger partial charge in [0.15, 0.2) is 0 Å². The van der Waals surface area contributed by atoms with Crippen LogP contribution >= 0.6 is 0 Å². The minimum absolute atomic E-state index is 0.0170. The van der Waals surface area contributed by atoms with Crippen molar-refractivity contribution in [1.29, 1.82) is 0 Å². The van der Waals surface area contributed by atoms with E-state index in [1.165, 1.54) is 0 Å². The van der Waals surface area contributed by atoms with Crippen LogP contribution < -0.4 is 5.73 Å². The molecule has 0 amide bonds. The summed E-state index contributed by atoms with van der Waals surface area (Å²) in [5, 5.41) is 0. The zero-order valence-corrected chi connectivity index (χ0v) is 11.0. The third kappa shape index (κ3) is 6.03. The Balaban J connectivity index is 2.16. The van der Waals surface area contributed by atoms with Gasteiger partial charge in [-0.05, 0) is 19.8 Å². The van der Waals surface area contributed by atoms with E-state index in [-0.39, 0.29) is 24.0 Å². The molecule has 0 aromatic carbocycles. The number of carbonyl (C=O) groups is 1. The highest BCUT2D eigenvalue weighted by Crippen LogP contribution is 2.16. The van der Waals surface area contributed by atoms with Gasteiger partial charge >= 0.3 is 5.97 Å². The first kappa shape index (κ1) is 14.5. The maximum Gasteiger partial charge on any atom is 0.308 e. The van der Waals surface area contributed by atoms with Gasteiger partial charge in [-0.1, -0.05) is 13.3 Å². The summed E-state index contributed by atoms with van der Waals surface area (Å²) in [4.78, 5) is 11.8. The number of rotatable bonds is 6. The molecule has 2 N–H and O–H groups in total. The van der Waals surface area contributed by atoms with Crippen LogP contribution in [0, 0.1) is 5.92 Å². The quantitative estimate of drug-likeness (QED) is 0.723. The topological polar surface area (TPSA) is 61.6 Å². The fraction of sp³-hybridized carbons (Fsp3) is 0.923. The number of esters is 1. The van der Waals surface area contributed by atoms with E-state index in [9.17, 15) is 4.79 Å². The zero-order chi connectivity index (χ0) is 12.7. The van der Waals surface area contributed by atoms with Crippen LogP contribution in [-0.4, -0.2) is 31.3 Å².